The Bertz CT molecular complexity index is 228. The molecule has 0 aliphatic carbocycles. The highest BCUT2D eigenvalue weighted by atomic mass is 16.5. The standard InChI is InChI=1S/C14H30N2O/c1-11(2)15-7-12(3)8-16-9-13(4)17-14(5,6)10-16/h11-13,15H,7-10H2,1-6H3. The lowest BCUT2D eigenvalue weighted by molar-refractivity contribution is -0.130. The Balaban J connectivity index is 2.35. The molecule has 0 bridgehead atoms. The predicted molar refractivity (Wildman–Crippen MR) is 73.4 cm³/mol. The van der Waals surface area contributed by atoms with Crippen molar-refractivity contribution in [2.45, 2.75) is 59.3 Å². The normalized spacial score (nSPS) is 27.4. The summed E-state index contributed by atoms with van der Waals surface area (Å²) in [6, 6.07) is 0.581. The summed E-state index contributed by atoms with van der Waals surface area (Å²) in [5.74, 6) is 0.693. The molecule has 1 fully saturated rings. The fourth-order valence-corrected chi connectivity index (χ4v) is 2.67. The van der Waals surface area contributed by atoms with Crippen molar-refractivity contribution in [2.75, 3.05) is 26.2 Å². The van der Waals surface area contributed by atoms with E-state index in [2.05, 4.69) is 51.8 Å². The van der Waals surface area contributed by atoms with Crippen LogP contribution in [0.2, 0.25) is 0 Å². The second kappa shape index (κ2) is 6.17. The molecule has 3 nitrogen and oxygen atoms in total. The highest BCUT2D eigenvalue weighted by molar-refractivity contribution is 4.83. The monoisotopic (exact) mass is 242 g/mol. The van der Waals surface area contributed by atoms with Gasteiger partial charge in [-0.3, -0.25) is 4.90 Å². The van der Waals surface area contributed by atoms with Gasteiger partial charge in [0.15, 0.2) is 0 Å². The highest BCUT2D eigenvalue weighted by Crippen LogP contribution is 2.21. The van der Waals surface area contributed by atoms with Crippen LogP contribution in [-0.2, 0) is 4.74 Å². The van der Waals surface area contributed by atoms with Crippen LogP contribution < -0.4 is 5.32 Å². The third kappa shape index (κ3) is 5.84. The number of ether oxygens (including phenoxy) is 1. The van der Waals surface area contributed by atoms with E-state index in [0.29, 0.717) is 18.1 Å². The molecule has 0 aromatic carbocycles. The minimum absolute atomic E-state index is 0.00284. The third-order valence-corrected chi connectivity index (χ3v) is 3.08. The molecule has 0 radical (unpaired) electrons. The van der Waals surface area contributed by atoms with E-state index in [1.807, 2.05) is 0 Å². The first-order chi connectivity index (χ1) is 7.78. The molecule has 1 aliphatic rings. The average Bonchev–Trinajstić information content (AvgIpc) is 2.11. The minimum atomic E-state index is 0.00284. The molecular weight excluding hydrogens is 212 g/mol. The molecule has 0 spiro atoms. The van der Waals surface area contributed by atoms with Crippen LogP contribution in [0.3, 0.4) is 0 Å². The summed E-state index contributed by atoms with van der Waals surface area (Å²) in [6.07, 6.45) is 0.351. The summed E-state index contributed by atoms with van der Waals surface area (Å²) in [6.45, 7) is 17.6. The van der Waals surface area contributed by atoms with Crippen molar-refractivity contribution in [3.63, 3.8) is 0 Å². The van der Waals surface area contributed by atoms with Crippen LogP contribution in [0.5, 0.6) is 0 Å². The lowest BCUT2D eigenvalue weighted by Gasteiger charge is -2.42. The van der Waals surface area contributed by atoms with Gasteiger partial charge in [0.05, 0.1) is 11.7 Å². The lowest BCUT2D eigenvalue weighted by Crippen LogP contribution is -2.53. The summed E-state index contributed by atoms with van der Waals surface area (Å²) >= 11 is 0. The summed E-state index contributed by atoms with van der Waals surface area (Å²) in [4.78, 5) is 2.54. The number of nitrogens with one attached hydrogen (secondary N) is 1. The molecule has 1 rings (SSSR count). The van der Waals surface area contributed by atoms with E-state index < -0.39 is 0 Å². The van der Waals surface area contributed by atoms with Gasteiger partial charge < -0.3 is 10.1 Å². The predicted octanol–water partition coefficient (Wildman–Crippen LogP) is 2.12. The average molecular weight is 242 g/mol. The van der Waals surface area contributed by atoms with Crippen molar-refractivity contribution < 1.29 is 4.74 Å². The van der Waals surface area contributed by atoms with E-state index in [0.717, 1.165) is 26.2 Å². The Morgan fingerprint density at radius 2 is 2.00 bits per heavy atom. The fraction of sp³-hybridized carbons (Fsp3) is 1.00. The first-order valence-corrected chi connectivity index (χ1v) is 6.92. The first-order valence-electron chi connectivity index (χ1n) is 6.92. The quantitative estimate of drug-likeness (QED) is 0.799. The van der Waals surface area contributed by atoms with E-state index >= 15 is 0 Å². The number of morpholine rings is 1. The van der Waals surface area contributed by atoms with Gasteiger partial charge in [-0.05, 0) is 33.2 Å². The third-order valence-electron chi connectivity index (χ3n) is 3.08. The van der Waals surface area contributed by atoms with Gasteiger partial charge in [-0.2, -0.15) is 0 Å². The summed E-state index contributed by atoms with van der Waals surface area (Å²) in [7, 11) is 0. The Kier molecular flexibility index (Phi) is 5.42. The van der Waals surface area contributed by atoms with E-state index in [9.17, 15) is 0 Å². The number of rotatable bonds is 5. The van der Waals surface area contributed by atoms with Gasteiger partial charge in [0, 0.05) is 25.7 Å². The van der Waals surface area contributed by atoms with E-state index in [4.69, 9.17) is 4.74 Å². The van der Waals surface area contributed by atoms with Crippen molar-refractivity contribution in [1.82, 2.24) is 10.2 Å². The summed E-state index contributed by atoms with van der Waals surface area (Å²) < 4.78 is 5.93. The van der Waals surface area contributed by atoms with Crippen LogP contribution in [0.4, 0.5) is 0 Å². The second-order valence-corrected chi connectivity index (χ2v) is 6.55. The molecule has 0 amide bonds. The molecule has 1 N–H and O–H groups in total. The zero-order valence-corrected chi connectivity index (χ0v) is 12.4. The lowest BCUT2D eigenvalue weighted by atomic mass is 10.0. The Labute approximate surface area is 107 Å². The Morgan fingerprint density at radius 1 is 1.35 bits per heavy atom. The topological polar surface area (TPSA) is 24.5 Å². The molecule has 2 unspecified atom stereocenters. The van der Waals surface area contributed by atoms with Crippen LogP contribution >= 0.6 is 0 Å². The van der Waals surface area contributed by atoms with Gasteiger partial charge in [-0.25, -0.2) is 0 Å². The van der Waals surface area contributed by atoms with Crippen molar-refractivity contribution in [2.24, 2.45) is 5.92 Å². The van der Waals surface area contributed by atoms with Crippen molar-refractivity contribution in [1.29, 1.82) is 0 Å². The fourth-order valence-electron chi connectivity index (χ4n) is 2.67. The maximum Gasteiger partial charge on any atom is 0.0757 e. The van der Waals surface area contributed by atoms with Crippen molar-refractivity contribution in [3.05, 3.63) is 0 Å². The largest absolute Gasteiger partial charge is 0.370 e. The van der Waals surface area contributed by atoms with Gasteiger partial charge in [-0.15, -0.1) is 0 Å². The van der Waals surface area contributed by atoms with Crippen LogP contribution in [0, 0.1) is 5.92 Å². The zero-order chi connectivity index (χ0) is 13.1. The summed E-state index contributed by atoms with van der Waals surface area (Å²) in [5.41, 5.74) is 0.00284. The van der Waals surface area contributed by atoms with Gasteiger partial charge >= 0.3 is 0 Å². The molecule has 2 atom stereocenters. The molecule has 1 heterocycles. The van der Waals surface area contributed by atoms with E-state index in [1.165, 1.54) is 0 Å². The van der Waals surface area contributed by atoms with Gasteiger partial charge in [-0.1, -0.05) is 20.8 Å². The van der Waals surface area contributed by atoms with Gasteiger partial charge in [0.1, 0.15) is 0 Å². The molecule has 17 heavy (non-hydrogen) atoms. The molecule has 0 aromatic heterocycles. The summed E-state index contributed by atoms with van der Waals surface area (Å²) in [5, 5.41) is 3.51. The number of nitrogens with zero attached hydrogens (tertiary/aromatic N) is 1. The van der Waals surface area contributed by atoms with Crippen LogP contribution in [-0.4, -0.2) is 48.8 Å². The van der Waals surface area contributed by atoms with Crippen molar-refractivity contribution in [3.8, 4) is 0 Å². The van der Waals surface area contributed by atoms with Gasteiger partial charge in [0.2, 0.25) is 0 Å². The number of hydrogen-bond acceptors (Lipinski definition) is 3. The maximum atomic E-state index is 5.93. The smallest absolute Gasteiger partial charge is 0.0757 e. The van der Waals surface area contributed by atoms with Crippen molar-refractivity contribution >= 4 is 0 Å². The molecule has 0 aromatic rings. The molecular formula is C14H30N2O. The van der Waals surface area contributed by atoms with Crippen LogP contribution in [0.25, 0.3) is 0 Å². The molecule has 0 saturated carbocycles. The molecule has 102 valence electrons. The second-order valence-electron chi connectivity index (χ2n) is 6.55. The minimum Gasteiger partial charge on any atom is -0.370 e. The molecule has 1 saturated heterocycles. The van der Waals surface area contributed by atoms with Crippen LogP contribution in [0.15, 0.2) is 0 Å². The van der Waals surface area contributed by atoms with E-state index in [-0.39, 0.29) is 5.60 Å². The Hall–Kier alpha value is -0.120. The Morgan fingerprint density at radius 3 is 2.53 bits per heavy atom. The molecule has 3 heteroatoms. The molecule has 1 aliphatic heterocycles. The zero-order valence-electron chi connectivity index (χ0n) is 12.4. The first kappa shape index (κ1) is 14.9. The SMILES string of the molecule is CC(CNC(C)C)CN1CC(C)OC(C)(C)C1. The van der Waals surface area contributed by atoms with Gasteiger partial charge in [0.25, 0.3) is 0 Å². The van der Waals surface area contributed by atoms with E-state index in [1.54, 1.807) is 0 Å². The number of hydrogen-bond donors (Lipinski definition) is 1. The highest BCUT2D eigenvalue weighted by Gasteiger charge is 2.31. The van der Waals surface area contributed by atoms with Crippen LogP contribution in [0.1, 0.15) is 41.5 Å². The maximum absolute atomic E-state index is 5.93.